The van der Waals surface area contributed by atoms with Gasteiger partial charge in [-0.3, -0.25) is 0 Å². The van der Waals surface area contributed by atoms with Crippen molar-refractivity contribution in [3.8, 4) is 0 Å². The molecule has 2 aromatic carbocycles. The number of halogens is 1. The highest BCUT2D eigenvalue weighted by molar-refractivity contribution is 6.30. The van der Waals surface area contributed by atoms with Crippen molar-refractivity contribution in [2.24, 2.45) is 0 Å². The third kappa shape index (κ3) is 1.98. The van der Waals surface area contributed by atoms with E-state index in [1.165, 1.54) is 35.1 Å². The average molecular weight is 243 g/mol. The Hall–Kier alpha value is -1.27. The quantitative estimate of drug-likeness (QED) is 0.678. The van der Waals surface area contributed by atoms with E-state index in [9.17, 15) is 0 Å². The molecule has 2 aromatic rings. The molecule has 0 aliphatic heterocycles. The van der Waals surface area contributed by atoms with Gasteiger partial charge in [0.05, 0.1) is 0 Å². The maximum Gasteiger partial charge on any atom is 0.0409 e. The summed E-state index contributed by atoms with van der Waals surface area (Å²) >= 11 is 6.10. The van der Waals surface area contributed by atoms with Gasteiger partial charge in [0, 0.05) is 10.9 Å². The molecule has 0 heterocycles. The molecule has 3 rings (SSSR count). The van der Waals surface area contributed by atoms with Gasteiger partial charge < -0.3 is 0 Å². The lowest BCUT2D eigenvalue weighted by atomic mass is 9.92. The van der Waals surface area contributed by atoms with E-state index >= 15 is 0 Å². The van der Waals surface area contributed by atoms with Gasteiger partial charge in [-0.15, -0.1) is 0 Å². The maximum atomic E-state index is 6.10. The lowest BCUT2D eigenvalue weighted by Crippen LogP contribution is -1.96. The van der Waals surface area contributed by atoms with E-state index in [0.29, 0.717) is 5.92 Å². The van der Waals surface area contributed by atoms with E-state index in [-0.39, 0.29) is 0 Å². The van der Waals surface area contributed by atoms with Crippen molar-refractivity contribution >= 4 is 11.6 Å². The van der Waals surface area contributed by atoms with Gasteiger partial charge in [0.25, 0.3) is 0 Å². The fourth-order valence-electron chi connectivity index (χ4n) is 2.72. The third-order valence-electron chi connectivity index (χ3n) is 3.67. The molecule has 0 nitrogen and oxygen atoms in total. The number of fused-ring (bicyclic) bond motifs is 1. The molecule has 0 saturated carbocycles. The molecule has 1 unspecified atom stereocenters. The summed E-state index contributed by atoms with van der Waals surface area (Å²) in [6, 6.07) is 15.2. The number of benzene rings is 2. The molecule has 0 saturated heterocycles. The van der Waals surface area contributed by atoms with Gasteiger partial charge >= 0.3 is 0 Å². The fraction of sp³-hybridized carbons (Fsp3) is 0.250. The second-order valence-corrected chi connectivity index (χ2v) is 5.28. The lowest BCUT2D eigenvalue weighted by molar-refractivity contribution is 0.788. The molecule has 1 aliphatic carbocycles. The summed E-state index contributed by atoms with van der Waals surface area (Å²) < 4.78 is 0. The van der Waals surface area contributed by atoms with Crippen LogP contribution in [-0.4, -0.2) is 0 Å². The monoisotopic (exact) mass is 242 g/mol. The van der Waals surface area contributed by atoms with Crippen molar-refractivity contribution in [3.05, 3.63) is 69.7 Å². The first-order chi connectivity index (χ1) is 8.24. The van der Waals surface area contributed by atoms with E-state index in [2.05, 4.69) is 43.3 Å². The number of hydrogen-bond acceptors (Lipinski definition) is 0. The SMILES string of the molecule is Cc1ccc(C2CCc3ccc(Cl)cc32)cc1. The highest BCUT2D eigenvalue weighted by atomic mass is 35.5. The minimum Gasteiger partial charge on any atom is -0.0843 e. The van der Waals surface area contributed by atoms with Crippen LogP contribution >= 0.6 is 11.6 Å². The van der Waals surface area contributed by atoms with Crippen molar-refractivity contribution in [3.63, 3.8) is 0 Å². The zero-order valence-electron chi connectivity index (χ0n) is 9.91. The molecule has 0 aromatic heterocycles. The minimum atomic E-state index is 0.532. The first-order valence-corrected chi connectivity index (χ1v) is 6.47. The van der Waals surface area contributed by atoms with Gasteiger partial charge in [-0.2, -0.15) is 0 Å². The summed E-state index contributed by atoms with van der Waals surface area (Å²) in [6.07, 6.45) is 2.38. The van der Waals surface area contributed by atoms with Crippen molar-refractivity contribution in [2.45, 2.75) is 25.7 Å². The Kier molecular flexibility index (Phi) is 2.68. The van der Waals surface area contributed by atoms with Gasteiger partial charge in [0.15, 0.2) is 0 Å². The Labute approximate surface area is 107 Å². The van der Waals surface area contributed by atoms with Crippen molar-refractivity contribution < 1.29 is 0 Å². The highest BCUT2D eigenvalue weighted by Crippen LogP contribution is 2.39. The van der Waals surface area contributed by atoms with Gasteiger partial charge in [-0.25, -0.2) is 0 Å². The van der Waals surface area contributed by atoms with Crippen LogP contribution in [0.5, 0.6) is 0 Å². The second-order valence-electron chi connectivity index (χ2n) is 4.85. The summed E-state index contributed by atoms with van der Waals surface area (Å²) in [5.74, 6) is 0.532. The molecule has 0 fully saturated rings. The largest absolute Gasteiger partial charge is 0.0843 e. The summed E-state index contributed by atoms with van der Waals surface area (Å²) in [5, 5.41) is 0.850. The average Bonchev–Trinajstić information content (AvgIpc) is 2.73. The smallest absolute Gasteiger partial charge is 0.0409 e. The summed E-state index contributed by atoms with van der Waals surface area (Å²) in [7, 11) is 0. The zero-order valence-corrected chi connectivity index (χ0v) is 10.7. The standard InChI is InChI=1S/C16H15Cl/c1-11-2-4-12(5-3-11)15-9-7-13-6-8-14(17)10-16(13)15/h2-6,8,10,15H,7,9H2,1H3. The normalized spacial score (nSPS) is 18.1. The Bertz CT molecular complexity index is 540. The first-order valence-electron chi connectivity index (χ1n) is 6.09. The van der Waals surface area contributed by atoms with Gasteiger partial charge in [-0.05, 0) is 48.6 Å². The molecule has 0 amide bonds. The number of hydrogen-bond donors (Lipinski definition) is 0. The van der Waals surface area contributed by atoms with Crippen LogP contribution in [0.4, 0.5) is 0 Å². The molecule has 17 heavy (non-hydrogen) atoms. The second kappa shape index (κ2) is 4.19. The Balaban J connectivity index is 2.03. The third-order valence-corrected chi connectivity index (χ3v) is 3.90. The summed E-state index contributed by atoms with van der Waals surface area (Å²) in [4.78, 5) is 0. The van der Waals surface area contributed by atoms with E-state index in [4.69, 9.17) is 11.6 Å². The van der Waals surface area contributed by atoms with Crippen molar-refractivity contribution in [1.29, 1.82) is 0 Å². The van der Waals surface area contributed by atoms with Crippen molar-refractivity contribution in [1.82, 2.24) is 0 Å². The Morgan fingerprint density at radius 3 is 2.59 bits per heavy atom. The molecule has 0 N–H and O–H groups in total. The summed E-state index contributed by atoms with van der Waals surface area (Å²) in [6.45, 7) is 2.13. The predicted molar refractivity (Wildman–Crippen MR) is 72.8 cm³/mol. The molecule has 0 radical (unpaired) electrons. The van der Waals surface area contributed by atoms with Gasteiger partial charge in [-0.1, -0.05) is 47.5 Å². The molecular formula is C16H15Cl. The maximum absolute atomic E-state index is 6.10. The van der Waals surface area contributed by atoms with Gasteiger partial charge in [0.1, 0.15) is 0 Å². The Morgan fingerprint density at radius 1 is 1.06 bits per heavy atom. The van der Waals surface area contributed by atoms with Crippen LogP contribution < -0.4 is 0 Å². The predicted octanol–water partition coefficient (Wildman–Crippen LogP) is 4.73. The van der Waals surface area contributed by atoms with Crippen LogP contribution in [0.1, 0.15) is 34.6 Å². The first kappa shape index (κ1) is 10.9. The van der Waals surface area contributed by atoms with Crippen LogP contribution in [-0.2, 0) is 6.42 Å². The highest BCUT2D eigenvalue weighted by Gasteiger charge is 2.23. The van der Waals surface area contributed by atoms with Crippen LogP contribution in [0.2, 0.25) is 5.02 Å². The molecular weight excluding hydrogens is 228 g/mol. The zero-order chi connectivity index (χ0) is 11.8. The van der Waals surface area contributed by atoms with Crippen LogP contribution in [0.25, 0.3) is 0 Å². The van der Waals surface area contributed by atoms with E-state index in [1.54, 1.807) is 0 Å². The molecule has 0 bridgehead atoms. The van der Waals surface area contributed by atoms with E-state index in [1.807, 2.05) is 6.07 Å². The Morgan fingerprint density at radius 2 is 1.82 bits per heavy atom. The van der Waals surface area contributed by atoms with Crippen LogP contribution in [0, 0.1) is 6.92 Å². The molecule has 1 atom stereocenters. The van der Waals surface area contributed by atoms with E-state index in [0.717, 1.165) is 5.02 Å². The number of aryl methyl sites for hydroxylation is 2. The van der Waals surface area contributed by atoms with Gasteiger partial charge in [0.2, 0.25) is 0 Å². The lowest BCUT2D eigenvalue weighted by Gasteiger charge is -2.12. The fourth-order valence-corrected chi connectivity index (χ4v) is 2.90. The van der Waals surface area contributed by atoms with E-state index < -0.39 is 0 Å². The molecule has 1 heteroatoms. The topological polar surface area (TPSA) is 0 Å². The molecule has 1 aliphatic rings. The van der Waals surface area contributed by atoms with Crippen molar-refractivity contribution in [2.75, 3.05) is 0 Å². The van der Waals surface area contributed by atoms with Crippen LogP contribution in [0.3, 0.4) is 0 Å². The molecule has 0 spiro atoms. The molecule has 86 valence electrons. The minimum absolute atomic E-state index is 0.532. The van der Waals surface area contributed by atoms with Crippen LogP contribution in [0.15, 0.2) is 42.5 Å². The summed E-state index contributed by atoms with van der Waals surface area (Å²) in [5.41, 5.74) is 5.61. The number of rotatable bonds is 1.